The molecule has 0 unspecified atom stereocenters. The summed E-state index contributed by atoms with van der Waals surface area (Å²) in [5.41, 5.74) is -1.92. The van der Waals surface area contributed by atoms with E-state index in [1.54, 1.807) is 19.2 Å². The summed E-state index contributed by atoms with van der Waals surface area (Å²) >= 11 is 0. The Morgan fingerprint density at radius 1 is 1.08 bits per heavy atom. The van der Waals surface area contributed by atoms with E-state index in [2.05, 4.69) is 15.1 Å². The van der Waals surface area contributed by atoms with Gasteiger partial charge in [-0.3, -0.25) is 4.90 Å². The van der Waals surface area contributed by atoms with Crippen LogP contribution in [-0.4, -0.2) is 46.9 Å². The summed E-state index contributed by atoms with van der Waals surface area (Å²) in [4.78, 5) is 10.3. The number of nitrogens with zero attached hydrogens (tertiary/aromatic N) is 6. The molecule has 7 nitrogen and oxygen atoms in total. The second kappa shape index (κ2) is 9.34. The van der Waals surface area contributed by atoms with Crippen molar-refractivity contribution in [3.63, 3.8) is 0 Å². The first-order valence-corrected chi connectivity index (χ1v) is 11.5. The summed E-state index contributed by atoms with van der Waals surface area (Å²) < 4.78 is 71.3. The normalized spacial score (nSPS) is 16.8. The van der Waals surface area contributed by atoms with Crippen LogP contribution in [-0.2, 0) is 31.4 Å². The topological polar surface area (TPSA) is 72.0 Å². The number of aromatic nitrogens is 5. The number of rotatable bonds is 6. The highest BCUT2D eigenvalue weighted by Gasteiger charge is 2.43. The average Bonchev–Trinajstić information content (AvgIpc) is 3.52. The largest absolute Gasteiger partial charge is 0.416 e. The Labute approximate surface area is 208 Å². The van der Waals surface area contributed by atoms with Crippen LogP contribution in [0.3, 0.4) is 0 Å². The smallest absolute Gasteiger partial charge is 0.381 e. The van der Waals surface area contributed by atoms with Gasteiger partial charge < -0.3 is 9.67 Å². The molecule has 12 heteroatoms. The lowest BCUT2D eigenvalue weighted by Gasteiger charge is -2.42. The van der Waals surface area contributed by atoms with E-state index in [9.17, 15) is 27.1 Å². The number of imidazole rings is 1. The molecule has 2 atom stereocenters. The monoisotopic (exact) mass is 518 g/mol. The number of hydrogen-bond donors (Lipinski definition) is 1. The molecule has 4 aromatic rings. The van der Waals surface area contributed by atoms with Crippen LogP contribution in [0.1, 0.15) is 23.9 Å². The van der Waals surface area contributed by atoms with Gasteiger partial charge in [0.2, 0.25) is 0 Å². The minimum Gasteiger partial charge on any atom is -0.381 e. The van der Waals surface area contributed by atoms with Crippen molar-refractivity contribution in [1.82, 2.24) is 29.2 Å². The summed E-state index contributed by atoms with van der Waals surface area (Å²) in [7, 11) is 0. The summed E-state index contributed by atoms with van der Waals surface area (Å²) in [6.07, 6.45) is -0.0810. The van der Waals surface area contributed by atoms with Crippen LogP contribution in [0.4, 0.5) is 22.0 Å². The van der Waals surface area contributed by atoms with E-state index in [1.165, 1.54) is 29.5 Å². The lowest BCUT2D eigenvalue weighted by atomic mass is 9.85. The highest BCUT2D eigenvalue weighted by atomic mass is 19.4. The van der Waals surface area contributed by atoms with Gasteiger partial charge in [-0.2, -0.15) is 18.3 Å². The van der Waals surface area contributed by atoms with Gasteiger partial charge in [0.25, 0.3) is 0 Å². The summed E-state index contributed by atoms with van der Waals surface area (Å²) in [5.74, 6) is -1.06. The fourth-order valence-corrected chi connectivity index (χ4v) is 4.74. The van der Waals surface area contributed by atoms with Gasteiger partial charge in [0.1, 0.15) is 35.7 Å². The van der Waals surface area contributed by atoms with E-state index in [0.29, 0.717) is 30.2 Å². The molecule has 3 heterocycles. The first kappa shape index (κ1) is 25.0. The van der Waals surface area contributed by atoms with E-state index < -0.39 is 35.0 Å². The number of alkyl halides is 3. The van der Waals surface area contributed by atoms with Crippen molar-refractivity contribution >= 4 is 0 Å². The Bertz CT molecular complexity index is 1400. The van der Waals surface area contributed by atoms with Crippen molar-refractivity contribution in [1.29, 1.82) is 0 Å². The molecule has 194 valence electrons. The Kier molecular flexibility index (Phi) is 6.32. The van der Waals surface area contributed by atoms with Crippen LogP contribution in [0.2, 0.25) is 0 Å². The first-order chi connectivity index (χ1) is 17.5. The fraction of sp³-hybridized carbons (Fsp3) is 0.320. The highest BCUT2D eigenvalue weighted by Crippen LogP contribution is 2.35. The standard InChI is InChI=1S/C25H23F5N6O/c1-16(24(37,13-36-15-31-14-32-36)20-6-5-19(26)10-21(20)27)34-7-8-35-11-22(33-23(35)12-34)17-3-2-4-18(9-17)25(28,29)30/h2-6,9-11,14-16,37H,7-8,12-13H2,1H3/t16-,24-/m1/s1. The quantitative estimate of drug-likeness (QED) is 0.387. The predicted octanol–water partition coefficient (Wildman–Crippen LogP) is 4.23. The van der Waals surface area contributed by atoms with Crippen molar-refractivity contribution < 1.29 is 27.1 Å². The van der Waals surface area contributed by atoms with Crippen LogP contribution in [0.15, 0.2) is 61.3 Å². The molecule has 37 heavy (non-hydrogen) atoms. The SMILES string of the molecule is C[C@@H](N1CCn2cc(-c3cccc(C(F)(F)F)c3)nc2C1)[C@](O)(Cn1cncn1)c1ccc(F)cc1F. The van der Waals surface area contributed by atoms with Gasteiger partial charge >= 0.3 is 6.18 Å². The van der Waals surface area contributed by atoms with E-state index in [0.717, 1.165) is 24.3 Å². The molecule has 2 aromatic carbocycles. The van der Waals surface area contributed by atoms with Crippen molar-refractivity contribution in [3.8, 4) is 11.3 Å². The Morgan fingerprint density at radius 2 is 1.89 bits per heavy atom. The van der Waals surface area contributed by atoms with Crippen LogP contribution in [0, 0.1) is 11.6 Å². The van der Waals surface area contributed by atoms with E-state index >= 15 is 0 Å². The molecule has 0 aliphatic carbocycles. The summed E-state index contributed by atoms with van der Waals surface area (Å²) in [5, 5.41) is 15.9. The summed E-state index contributed by atoms with van der Waals surface area (Å²) in [6, 6.07) is 7.31. The zero-order chi connectivity index (χ0) is 26.4. The van der Waals surface area contributed by atoms with Gasteiger partial charge in [0.05, 0.1) is 24.3 Å². The molecule has 0 saturated heterocycles. The molecule has 5 rings (SSSR count). The molecule has 1 aliphatic rings. The maximum atomic E-state index is 14.9. The van der Waals surface area contributed by atoms with E-state index in [1.807, 2.05) is 9.47 Å². The number of fused-ring (bicyclic) bond motifs is 1. The van der Waals surface area contributed by atoms with E-state index in [-0.39, 0.29) is 18.7 Å². The van der Waals surface area contributed by atoms with Crippen molar-refractivity contribution in [2.24, 2.45) is 0 Å². The molecule has 0 bridgehead atoms. The zero-order valence-electron chi connectivity index (χ0n) is 19.7. The van der Waals surface area contributed by atoms with Crippen molar-refractivity contribution in [2.45, 2.75) is 44.4 Å². The van der Waals surface area contributed by atoms with Gasteiger partial charge in [-0.15, -0.1) is 0 Å². The zero-order valence-corrected chi connectivity index (χ0v) is 19.7. The minimum absolute atomic E-state index is 0.0875. The minimum atomic E-state index is -4.47. The van der Waals surface area contributed by atoms with Crippen LogP contribution < -0.4 is 0 Å². The third kappa shape index (κ3) is 4.86. The van der Waals surface area contributed by atoms with Crippen molar-refractivity contribution in [3.05, 3.63) is 89.9 Å². The van der Waals surface area contributed by atoms with Gasteiger partial charge in [-0.25, -0.2) is 23.4 Å². The third-order valence-corrected chi connectivity index (χ3v) is 6.82. The molecular weight excluding hydrogens is 495 g/mol. The first-order valence-electron chi connectivity index (χ1n) is 11.5. The molecule has 0 fully saturated rings. The number of halogens is 5. The van der Waals surface area contributed by atoms with Crippen molar-refractivity contribution in [2.75, 3.05) is 6.54 Å². The maximum Gasteiger partial charge on any atom is 0.416 e. The van der Waals surface area contributed by atoms with Gasteiger partial charge in [-0.05, 0) is 25.1 Å². The van der Waals surface area contributed by atoms with Gasteiger partial charge in [-0.1, -0.05) is 18.2 Å². The van der Waals surface area contributed by atoms with E-state index in [4.69, 9.17) is 0 Å². The second-order valence-corrected chi connectivity index (χ2v) is 9.10. The molecule has 2 aromatic heterocycles. The fourth-order valence-electron chi connectivity index (χ4n) is 4.74. The third-order valence-electron chi connectivity index (χ3n) is 6.82. The Balaban J connectivity index is 1.45. The van der Waals surface area contributed by atoms with Crippen LogP contribution in [0.5, 0.6) is 0 Å². The predicted molar refractivity (Wildman–Crippen MR) is 123 cm³/mol. The average molecular weight is 518 g/mol. The lowest BCUT2D eigenvalue weighted by molar-refractivity contribution is -0.137. The number of hydrogen-bond acceptors (Lipinski definition) is 5. The van der Waals surface area contributed by atoms with Crippen LogP contribution in [0.25, 0.3) is 11.3 Å². The molecule has 0 radical (unpaired) electrons. The molecule has 1 aliphatic heterocycles. The molecule has 0 spiro atoms. The summed E-state index contributed by atoms with van der Waals surface area (Å²) in [6.45, 7) is 2.75. The Morgan fingerprint density at radius 3 is 2.59 bits per heavy atom. The highest BCUT2D eigenvalue weighted by molar-refractivity contribution is 5.60. The Hall–Kier alpha value is -3.64. The van der Waals surface area contributed by atoms with Crippen LogP contribution >= 0.6 is 0 Å². The molecular formula is C25H23F5N6O. The second-order valence-electron chi connectivity index (χ2n) is 9.10. The number of benzene rings is 2. The maximum absolute atomic E-state index is 14.9. The van der Waals surface area contributed by atoms with Gasteiger partial charge in [0.15, 0.2) is 0 Å². The molecule has 0 saturated carbocycles. The molecule has 0 amide bonds. The number of aliphatic hydroxyl groups is 1. The lowest BCUT2D eigenvalue weighted by Crippen LogP contribution is -2.53. The molecule has 1 N–H and O–H groups in total. The van der Waals surface area contributed by atoms with Gasteiger partial charge in [0, 0.05) is 42.5 Å².